The molecule has 0 saturated heterocycles. The lowest BCUT2D eigenvalue weighted by molar-refractivity contribution is -0.121. The van der Waals surface area contributed by atoms with E-state index in [9.17, 15) is 4.79 Å². The third-order valence-electron chi connectivity index (χ3n) is 4.62. The van der Waals surface area contributed by atoms with Crippen molar-refractivity contribution in [3.05, 3.63) is 76.8 Å². The number of fused-ring (bicyclic) bond motifs is 1. The Morgan fingerprint density at radius 1 is 1.12 bits per heavy atom. The lowest BCUT2D eigenvalue weighted by atomic mass is 9.87. The van der Waals surface area contributed by atoms with E-state index in [0.717, 1.165) is 35.5 Å². The van der Waals surface area contributed by atoms with Crippen LogP contribution >= 0.6 is 11.3 Å². The summed E-state index contributed by atoms with van der Waals surface area (Å²) in [5.74, 6) is 0.0478. The molecule has 1 amide bonds. The maximum Gasteiger partial charge on any atom is 0.226 e. The quantitative estimate of drug-likeness (QED) is 0.752. The van der Waals surface area contributed by atoms with Crippen LogP contribution < -0.4 is 5.32 Å². The van der Waals surface area contributed by atoms with Gasteiger partial charge in [0.05, 0.1) is 18.2 Å². The van der Waals surface area contributed by atoms with E-state index >= 15 is 0 Å². The molecule has 1 N–H and O–H groups in total. The lowest BCUT2D eigenvalue weighted by Gasteiger charge is -2.26. The van der Waals surface area contributed by atoms with Gasteiger partial charge >= 0.3 is 0 Å². The standard InChI is InChI=1S/C21H20N2OS/c24-20(23-19-12-6-10-15-7-4-5-11-18(15)19)13-17-14-25-21(22-17)16-8-2-1-3-9-16/h1-5,7-9,11,14,19H,6,10,12-13H2,(H,23,24)/t19-/m1/s1. The SMILES string of the molecule is O=C(Cc1csc(-c2ccccc2)n1)N[C@@H]1CCCc2ccccc21. The second-order valence-corrected chi connectivity index (χ2v) is 7.26. The number of carbonyl (C=O) groups is 1. The topological polar surface area (TPSA) is 42.0 Å². The van der Waals surface area contributed by atoms with Crippen LogP contribution in [-0.4, -0.2) is 10.9 Å². The second-order valence-electron chi connectivity index (χ2n) is 6.40. The Morgan fingerprint density at radius 2 is 1.92 bits per heavy atom. The molecule has 1 aliphatic rings. The zero-order valence-electron chi connectivity index (χ0n) is 13.9. The van der Waals surface area contributed by atoms with Gasteiger partial charge in [0.1, 0.15) is 5.01 Å². The molecule has 0 radical (unpaired) electrons. The molecular formula is C21H20N2OS. The van der Waals surface area contributed by atoms with Gasteiger partial charge in [-0.1, -0.05) is 54.6 Å². The van der Waals surface area contributed by atoms with E-state index < -0.39 is 0 Å². The predicted molar refractivity (Wildman–Crippen MR) is 102 cm³/mol. The molecule has 1 atom stereocenters. The lowest BCUT2D eigenvalue weighted by Crippen LogP contribution is -2.32. The van der Waals surface area contributed by atoms with Crippen LogP contribution in [0.4, 0.5) is 0 Å². The molecule has 25 heavy (non-hydrogen) atoms. The summed E-state index contributed by atoms with van der Waals surface area (Å²) in [5.41, 5.74) is 4.57. The zero-order chi connectivity index (χ0) is 17.1. The van der Waals surface area contributed by atoms with Crippen LogP contribution in [0.15, 0.2) is 60.0 Å². The molecule has 0 bridgehead atoms. The van der Waals surface area contributed by atoms with Gasteiger partial charge in [-0.3, -0.25) is 4.79 Å². The number of hydrogen-bond donors (Lipinski definition) is 1. The van der Waals surface area contributed by atoms with Gasteiger partial charge in [-0.05, 0) is 30.4 Å². The van der Waals surface area contributed by atoms with Crippen LogP contribution in [0, 0.1) is 0 Å². The van der Waals surface area contributed by atoms with Crippen LogP contribution in [0.25, 0.3) is 10.6 Å². The molecule has 0 fully saturated rings. The molecule has 3 nitrogen and oxygen atoms in total. The molecule has 4 rings (SSSR count). The highest BCUT2D eigenvalue weighted by Crippen LogP contribution is 2.29. The number of rotatable bonds is 4. The molecule has 1 heterocycles. The first kappa shape index (κ1) is 16.0. The summed E-state index contributed by atoms with van der Waals surface area (Å²) in [6.07, 6.45) is 3.57. The third-order valence-corrected chi connectivity index (χ3v) is 5.56. The zero-order valence-corrected chi connectivity index (χ0v) is 14.8. The van der Waals surface area contributed by atoms with E-state index in [2.05, 4.69) is 34.6 Å². The maximum atomic E-state index is 12.5. The number of amides is 1. The van der Waals surface area contributed by atoms with E-state index in [-0.39, 0.29) is 11.9 Å². The predicted octanol–water partition coefficient (Wildman–Crippen LogP) is 4.55. The molecule has 2 aromatic carbocycles. The Balaban J connectivity index is 1.43. The Hall–Kier alpha value is -2.46. The molecule has 3 aromatic rings. The molecular weight excluding hydrogens is 328 g/mol. The van der Waals surface area contributed by atoms with Gasteiger partial charge in [0.25, 0.3) is 0 Å². The van der Waals surface area contributed by atoms with Crippen molar-refractivity contribution in [3.8, 4) is 10.6 Å². The van der Waals surface area contributed by atoms with E-state index in [0.29, 0.717) is 6.42 Å². The minimum atomic E-state index is 0.0478. The van der Waals surface area contributed by atoms with Crippen LogP contribution in [0.2, 0.25) is 0 Å². The smallest absolute Gasteiger partial charge is 0.226 e. The van der Waals surface area contributed by atoms with Crippen LogP contribution in [-0.2, 0) is 17.6 Å². The molecule has 1 aromatic heterocycles. The minimum absolute atomic E-state index is 0.0478. The first-order chi connectivity index (χ1) is 12.3. The molecule has 1 aliphatic carbocycles. The highest BCUT2D eigenvalue weighted by molar-refractivity contribution is 7.13. The first-order valence-electron chi connectivity index (χ1n) is 8.66. The highest BCUT2D eigenvalue weighted by atomic mass is 32.1. The summed E-state index contributed by atoms with van der Waals surface area (Å²) in [6.45, 7) is 0. The fourth-order valence-corrected chi connectivity index (χ4v) is 4.24. The normalized spacial score (nSPS) is 16.2. The Kier molecular flexibility index (Phi) is 4.61. The third kappa shape index (κ3) is 3.64. The van der Waals surface area contributed by atoms with Gasteiger partial charge in [0.15, 0.2) is 0 Å². The van der Waals surface area contributed by atoms with Gasteiger partial charge in [-0.25, -0.2) is 4.98 Å². The van der Waals surface area contributed by atoms with E-state index in [4.69, 9.17) is 0 Å². The van der Waals surface area contributed by atoms with Crippen molar-refractivity contribution in [3.63, 3.8) is 0 Å². The summed E-state index contributed by atoms with van der Waals surface area (Å²) in [5, 5.41) is 6.15. The Bertz CT molecular complexity index is 872. The van der Waals surface area contributed by atoms with Crippen molar-refractivity contribution in [1.82, 2.24) is 10.3 Å². The van der Waals surface area contributed by atoms with Gasteiger partial charge in [-0.15, -0.1) is 11.3 Å². The summed E-state index contributed by atoms with van der Waals surface area (Å²) < 4.78 is 0. The van der Waals surface area contributed by atoms with Crippen molar-refractivity contribution in [2.45, 2.75) is 31.7 Å². The highest BCUT2D eigenvalue weighted by Gasteiger charge is 2.21. The van der Waals surface area contributed by atoms with Gasteiger partial charge < -0.3 is 5.32 Å². The maximum absolute atomic E-state index is 12.5. The average Bonchev–Trinajstić information content (AvgIpc) is 3.11. The minimum Gasteiger partial charge on any atom is -0.349 e. The van der Waals surface area contributed by atoms with Crippen molar-refractivity contribution < 1.29 is 4.79 Å². The summed E-state index contributed by atoms with van der Waals surface area (Å²) >= 11 is 1.59. The molecule has 0 spiro atoms. The van der Waals surface area contributed by atoms with Crippen LogP contribution in [0.3, 0.4) is 0 Å². The largest absolute Gasteiger partial charge is 0.349 e. The number of aromatic nitrogens is 1. The van der Waals surface area contributed by atoms with E-state index in [1.54, 1.807) is 11.3 Å². The number of nitrogens with zero attached hydrogens (tertiary/aromatic N) is 1. The first-order valence-corrected chi connectivity index (χ1v) is 9.54. The van der Waals surface area contributed by atoms with Crippen molar-refractivity contribution in [2.24, 2.45) is 0 Å². The van der Waals surface area contributed by atoms with Gasteiger partial charge in [-0.2, -0.15) is 0 Å². The number of aryl methyl sites for hydroxylation is 1. The van der Waals surface area contributed by atoms with Crippen LogP contribution in [0.1, 0.15) is 35.7 Å². The van der Waals surface area contributed by atoms with Gasteiger partial charge in [0, 0.05) is 10.9 Å². The number of benzene rings is 2. The molecule has 4 heteroatoms. The van der Waals surface area contributed by atoms with E-state index in [1.807, 2.05) is 35.7 Å². The van der Waals surface area contributed by atoms with Crippen LogP contribution in [0.5, 0.6) is 0 Å². The monoisotopic (exact) mass is 348 g/mol. The summed E-state index contributed by atoms with van der Waals surface area (Å²) in [6, 6.07) is 18.6. The average molecular weight is 348 g/mol. The number of nitrogens with one attached hydrogen (secondary N) is 1. The summed E-state index contributed by atoms with van der Waals surface area (Å²) in [7, 11) is 0. The molecule has 0 saturated carbocycles. The van der Waals surface area contributed by atoms with Gasteiger partial charge in [0.2, 0.25) is 5.91 Å². The second kappa shape index (κ2) is 7.19. The molecule has 126 valence electrons. The summed E-state index contributed by atoms with van der Waals surface area (Å²) in [4.78, 5) is 17.1. The Labute approximate surface area is 151 Å². The van der Waals surface area contributed by atoms with E-state index in [1.165, 1.54) is 11.1 Å². The molecule has 0 aliphatic heterocycles. The van der Waals surface area contributed by atoms with Crippen molar-refractivity contribution in [1.29, 1.82) is 0 Å². The number of hydrogen-bond acceptors (Lipinski definition) is 3. The fraction of sp³-hybridized carbons (Fsp3) is 0.238. The fourth-order valence-electron chi connectivity index (χ4n) is 3.42. The van der Waals surface area contributed by atoms with Crippen molar-refractivity contribution in [2.75, 3.05) is 0 Å². The Morgan fingerprint density at radius 3 is 2.80 bits per heavy atom. The number of thiazole rings is 1. The van der Waals surface area contributed by atoms with Crippen molar-refractivity contribution >= 4 is 17.2 Å². The molecule has 0 unspecified atom stereocenters. The number of carbonyl (C=O) groups excluding carboxylic acids is 1.